The van der Waals surface area contributed by atoms with E-state index in [4.69, 9.17) is 11.6 Å². The summed E-state index contributed by atoms with van der Waals surface area (Å²) in [6, 6.07) is 3.50. The molecule has 2 rings (SSSR count). The number of nitrogens with one attached hydrogen (secondary N) is 1. The summed E-state index contributed by atoms with van der Waals surface area (Å²) in [5.41, 5.74) is 0.685. The molecule has 0 fully saturated rings. The number of sulfone groups is 1. The number of rotatable bonds is 5. The normalized spacial score (nSPS) is 11.9. The summed E-state index contributed by atoms with van der Waals surface area (Å²) in [6.45, 7) is 0.512. The fourth-order valence-corrected chi connectivity index (χ4v) is 2.29. The number of pyridine rings is 1. The number of halogens is 1. The van der Waals surface area contributed by atoms with Crippen molar-refractivity contribution in [3.63, 3.8) is 0 Å². The summed E-state index contributed by atoms with van der Waals surface area (Å²) in [4.78, 5) is 4.22. The fraction of sp³-hybridized carbons (Fsp3) is 0.400. The largest absolute Gasteiger partial charge is 0.353 e. The minimum absolute atomic E-state index is 0.152. The van der Waals surface area contributed by atoms with E-state index in [-0.39, 0.29) is 5.75 Å². The van der Waals surface area contributed by atoms with Gasteiger partial charge in [-0.05, 0) is 18.6 Å². The molecule has 0 aliphatic carbocycles. The second kappa shape index (κ2) is 5.11. The van der Waals surface area contributed by atoms with E-state index in [1.807, 2.05) is 0 Å². The zero-order valence-electron chi connectivity index (χ0n) is 9.80. The Kier molecular flexibility index (Phi) is 3.72. The molecule has 2 aromatic rings. The maximum atomic E-state index is 10.9. The lowest BCUT2D eigenvalue weighted by Gasteiger charge is -1.99. The summed E-state index contributed by atoms with van der Waals surface area (Å²) >= 11 is 5.83. The maximum Gasteiger partial charge on any atom is 0.243 e. The van der Waals surface area contributed by atoms with E-state index in [0.717, 1.165) is 0 Å². The van der Waals surface area contributed by atoms with Crippen molar-refractivity contribution in [1.29, 1.82) is 0 Å². The Labute approximate surface area is 110 Å². The molecule has 0 unspecified atom stereocenters. The lowest BCUT2D eigenvalue weighted by molar-refractivity contribution is 0.600. The Bertz CT molecular complexity index is 653. The van der Waals surface area contributed by atoms with E-state index in [1.54, 1.807) is 22.8 Å². The minimum Gasteiger partial charge on any atom is -0.353 e. The van der Waals surface area contributed by atoms with Gasteiger partial charge < -0.3 is 5.32 Å². The van der Waals surface area contributed by atoms with Crippen LogP contribution in [0.1, 0.15) is 6.42 Å². The first-order chi connectivity index (χ1) is 8.44. The van der Waals surface area contributed by atoms with E-state index in [1.165, 1.54) is 6.26 Å². The van der Waals surface area contributed by atoms with Gasteiger partial charge in [0.1, 0.15) is 9.84 Å². The maximum absolute atomic E-state index is 10.9. The van der Waals surface area contributed by atoms with Crippen molar-refractivity contribution in [2.75, 3.05) is 23.9 Å². The third-order valence-electron chi connectivity index (χ3n) is 2.27. The summed E-state index contributed by atoms with van der Waals surface area (Å²) in [5.74, 6) is 0.616. The fourth-order valence-electron chi connectivity index (χ4n) is 1.47. The molecule has 0 aromatic carbocycles. The first-order valence-electron chi connectivity index (χ1n) is 5.37. The van der Waals surface area contributed by atoms with Crippen molar-refractivity contribution in [3.05, 3.63) is 23.4 Å². The van der Waals surface area contributed by atoms with E-state index in [9.17, 15) is 8.42 Å². The van der Waals surface area contributed by atoms with E-state index >= 15 is 0 Å². The summed E-state index contributed by atoms with van der Waals surface area (Å²) in [6.07, 6.45) is 3.40. The molecule has 6 nitrogen and oxygen atoms in total. The highest BCUT2D eigenvalue weighted by molar-refractivity contribution is 7.90. The van der Waals surface area contributed by atoms with Crippen LogP contribution in [0.4, 0.5) is 5.95 Å². The van der Waals surface area contributed by atoms with E-state index in [2.05, 4.69) is 15.4 Å². The monoisotopic (exact) mass is 288 g/mol. The van der Waals surface area contributed by atoms with Crippen LogP contribution >= 0.6 is 11.6 Å². The molecule has 98 valence electrons. The van der Waals surface area contributed by atoms with Gasteiger partial charge in [0.25, 0.3) is 0 Å². The lowest BCUT2D eigenvalue weighted by Crippen LogP contribution is -2.10. The Morgan fingerprint density at radius 2 is 2.22 bits per heavy atom. The summed E-state index contributed by atoms with van der Waals surface area (Å²) in [5, 5.41) is 7.72. The Hall–Kier alpha value is -1.34. The summed E-state index contributed by atoms with van der Waals surface area (Å²) in [7, 11) is -2.91. The van der Waals surface area contributed by atoms with Gasteiger partial charge in [0.05, 0.1) is 10.8 Å². The van der Waals surface area contributed by atoms with Crippen LogP contribution in [-0.4, -0.2) is 41.6 Å². The van der Waals surface area contributed by atoms with Crippen molar-refractivity contribution in [2.24, 2.45) is 0 Å². The SMILES string of the molecule is CS(=O)(=O)CCCNc1nc2ccc(Cl)cn2n1. The van der Waals surface area contributed by atoms with Gasteiger partial charge in [-0.3, -0.25) is 0 Å². The molecule has 0 spiro atoms. The molecule has 0 saturated carbocycles. The van der Waals surface area contributed by atoms with Crippen LogP contribution in [0, 0.1) is 0 Å². The average Bonchev–Trinajstić information content (AvgIpc) is 2.65. The standard InChI is InChI=1S/C10H13ClN4O2S/c1-18(16,17)6-2-5-12-10-13-9-4-3-8(11)7-15(9)14-10/h3-4,7H,2,5-6H2,1H3,(H,12,14). The molecular weight excluding hydrogens is 276 g/mol. The molecule has 1 N–H and O–H groups in total. The Morgan fingerprint density at radius 3 is 2.94 bits per heavy atom. The van der Waals surface area contributed by atoms with Gasteiger partial charge in [-0.1, -0.05) is 11.6 Å². The Morgan fingerprint density at radius 1 is 1.44 bits per heavy atom. The van der Waals surface area contributed by atoms with Gasteiger partial charge >= 0.3 is 0 Å². The molecule has 0 bridgehead atoms. The number of aromatic nitrogens is 3. The quantitative estimate of drug-likeness (QED) is 0.838. The van der Waals surface area contributed by atoms with Gasteiger partial charge in [-0.15, -0.1) is 5.10 Å². The number of nitrogens with zero attached hydrogens (tertiary/aromatic N) is 3. The van der Waals surface area contributed by atoms with Crippen LogP contribution in [0.25, 0.3) is 5.65 Å². The van der Waals surface area contributed by atoms with Crippen LogP contribution in [0.5, 0.6) is 0 Å². The third-order valence-corrected chi connectivity index (χ3v) is 3.52. The van der Waals surface area contributed by atoms with E-state index in [0.29, 0.717) is 29.6 Å². The van der Waals surface area contributed by atoms with Gasteiger partial charge in [0.15, 0.2) is 5.65 Å². The second-order valence-corrected chi connectivity index (χ2v) is 6.69. The van der Waals surface area contributed by atoms with Crippen molar-refractivity contribution in [3.8, 4) is 0 Å². The number of hydrogen-bond acceptors (Lipinski definition) is 5. The van der Waals surface area contributed by atoms with Crippen LogP contribution in [0.3, 0.4) is 0 Å². The van der Waals surface area contributed by atoms with Crippen LogP contribution < -0.4 is 5.32 Å². The molecular formula is C10H13ClN4O2S. The van der Waals surface area contributed by atoms with Crippen molar-refractivity contribution >= 4 is 33.0 Å². The topological polar surface area (TPSA) is 76.4 Å². The first kappa shape index (κ1) is 13.1. The van der Waals surface area contributed by atoms with Crippen molar-refractivity contribution in [1.82, 2.24) is 14.6 Å². The predicted molar refractivity (Wildman–Crippen MR) is 70.8 cm³/mol. The molecule has 0 aliphatic rings. The third kappa shape index (κ3) is 3.58. The molecule has 0 atom stereocenters. The van der Waals surface area contributed by atoms with Gasteiger partial charge in [-0.2, -0.15) is 4.98 Å². The zero-order chi connectivity index (χ0) is 13.2. The van der Waals surface area contributed by atoms with Crippen LogP contribution in [0.15, 0.2) is 18.3 Å². The minimum atomic E-state index is -2.91. The molecule has 0 saturated heterocycles. The number of fused-ring (bicyclic) bond motifs is 1. The molecule has 0 amide bonds. The number of hydrogen-bond donors (Lipinski definition) is 1. The molecule has 18 heavy (non-hydrogen) atoms. The lowest BCUT2D eigenvalue weighted by atomic mass is 10.5. The molecule has 0 aliphatic heterocycles. The second-order valence-electron chi connectivity index (χ2n) is 4.00. The highest BCUT2D eigenvalue weighted by Crippen LogP contribution is 2.11. The van der Waals surface area contributed by atoms with Crippen LogP contribution in [-0.2, 0) is 9.84 Å². The molecule has 2 aromatic heterocycles. The van der Waals surface area contributed by atoms with Crippen molar-refractivity contribution < 1.29 is 8.42 Å². The van der Waals surface area contributed by atoms with E-state index < -0.39 is 9.84 Å². The Balaban J connectivity index is 1.96. The van der Waals surface area contributed by atoms with Crippen LogP contribution in [0.2, 0.25) is 5.02 Å². The zero-order valence-corrected chi connectivity index (χ0v) is 11.4. The first-order valence-corrected chi connectivity index (χ1v) is 7.81. The van der Waals surface area contributed by atoms with Gasteiger partial charge in [0, 0.05) is 19.0 Å². The van der Waals surface area contributed by atoms with Gasteiger partial charge in [-0.25, -0.2) is 12.9 Å². The highest BCUT2D eigenvalue weighted by atomic mass is 35.5. The van der Waals surface area contributed by atoms with Gasteiger partial charge in [0.2, 0.25) is 5.95 Å². The average molecular weight is 289 g/mol. The highest BCUT2D eigenvalue weighted by Gasteiger charge is 2.04. The summed E-state index contributed by atoms with van der Waals surface area (Å²) < 4.78 is 23.5. The molecule has 2 heterocycles. The predicted octanol–water partition coefficient (Wildman–Crippen LogP) is 1.23. The molecule has 0 radical (unpaired) electrons. The van der Waals surface area contributed by atoms with Crippen molar-refractivity contribution in [2.45, 2.75) is 6.42 Å². The molecule has 8 heteroatoms. The number of anilines is 1. The smallest absolute Gasteiger partial charge is 0.243 e.